The van der Waals surface area contributed by atoms with Crippen molar-refractivity contribution in [2.24, 2.45) is 0 Å². The average molecular weight is 459 g/mol. The molecule has 1 aromatic heterocycles. The van der Waals surface area contributed by atoms with Gasteiger partial charge < -0.3 is 14.8 Å². The molecule has 1 N–H and O–H groups in total. The fourth-order valence-electron chi connectivity index (χ4n) is 4.10. The van der Waals surface area contributed by atoms with Crippen LogP contribution in [0.3, 0.4) is 0 Å². The molecule has 2 aromatic carbocycles. The summed E-state index contributed by atoms with van der Waals surface area (Å²) in [7, 11) is 0. The summed E-state index contributed by atoms with van der Waals surface area (Å²) in [5, 5.41) is 4.03. The number of aromatic nitrogens is 2. The number of nitrogens with zero attached hydrogens (tertiary/aromatic N) is 3. The van der Waals surface area contributed by atoms with Crippen molar-refractivity contribution in [1.82, 2.24) is 19.8 Å². The maximum atomic E-state index is 12.5. The number of carbonyl (C=O) groups is 1. The van der Waals surface area contributed by atoms with Gasteiger partial charge in [-0.05, 0) is 50.6 Å². The predicted octanol–water partition coefficient (Wildman–Crippen LogP) is 4.84. The maximum Gasteiger partial charge on any atom is 0.221 e. The first-order valence-corrected chi connectivity index (χ1v) is 11.6. The molecule has 7 heteroatoms. The smallest absolute Gasteiger partial charge is 0.221 e. The molecule has 1 aliphatic heterocycles. The third kappa shape index (κ3) is 5.59. The highest BCUT2D eigenvalue weighted by molar-refractivity contribution is 6.42. The van der Waals surface area contributed by atoms with Gasteiger partial charge in [-0.25, -0.2) is 4.98 Å². The maximum absolute atomic E-state index is 12.5. The molecule has 3 aromatic rings. The second-order valence-electron chi connectivity index (χ2n) is 8.25. The highest BCUT2D eigenvalue weighted by Gasteiger charge is 2.15. The van der Waals surface area contributed by atoms with E-state index in [1.165, 1.54) is 24.0 Å². The fraction of sp³-hybridized carbons (Fsp3) is 0.417. The Morgan fingerprint density at radius 1 is 1.06 bits per heavy atom. The van der Waals surface area contributed by atoms with E-state index in [2.05, 4.69) is 46.0 Å². The number of amides is 1. The quantitative estimate of drug-likeness (QED) is 0.524. The van der Waals surface area contributed by atoms with Gasteiger partial charge in [0.1, 0.15) is 5.82 Å². The van der Waals surface area contributed by atoms with Crippen molar-refractivity contribution in [2.75, 3.05) is 26.2 Å². The van der Waals surface area contributed by atoms with Gasteiger partial charge in [-0.15, -0.1) is 0 Å². The van der Waals surface area contributed by atoms with E-state index in [-0.39, 0.29) is 5.91 Å². The minimum Gasteiger partial charge on any atom is -0.355 e. The number of halogens is 2. The predicted molar refractivity (Wildman–Crippen MR) is 127 cm³/mol. The Balaban J connectivity index is 1.48. The highest BCUT2D eigenvalue weighted by atomic mass is 35.5. The van der Waals surface area contributed by atoms with Crippen LogP contribution in [0.1, 0.15) is 36.2 Å². The normalized spacial score (nSPS) is 14.4. The molecule has 31 heavy (non-hydrogen) atoms. The fourth-order valence-corrected chi connectivity index (χ4v) is 4.42. The Morgan fingerprint density at radius 3 is 2.52 bits per heavy atom. The number of nitrogens with one attached hydrogen (secondary N) is 1. The summed E-state index contributed by atoms with van der Waals surface area (Å²) in [6, 6.07) is 12.1. The van der Waals surface area contributed by atoms with E-state index < -0.39 is 0 Å². The minimum atomic E-state index is 0.0578. The summed E-state index contributed by atoms with van der Waals surface area (Å²) in [5.74, 6) is 0.962. The molecule has 0 bridgehead atoms. The lowest BCUT2D eigenvalue weighted by Crippen LogP contribution is -2.33. The van der Waals surface area contributed by atoms with Gasteiger partial charge >= 0.3 is 0 Å². The van der Waals surface area contributed by atoms with E-state index in [1.807, 2.05) is 6.07 Å². The summed E-state index contributed by atoms with van der Waals surface area (Å²) >= 11 is 12.5. The molecule has 0 aliphatic carbocycles. The lowest BCUT2D eigenvalue weighted by molar-refractivity contribution is -0.121. The summed E-state index contributed by atoms with van der Waals surface area (Å²) in [5.41, 5.74) is 4.10. The van der Waals surface area contributed by atoms with Gasteiger partial charge in [0.2, 0.25) is 5.91 Å². The second-order valence-corrected chi connectivity index (χ2v) is 9.06. The molecule has 0 atom stereocenters. The number of fused-ring (bicyclic) bond motifs is 1. The Morgan fingerprint density at radius 2 is 1.77 bits per heavy atom. The number of aryl methyl sites for hydroxylation is 2. The minimum absolute atomic E-state index is 0.0578. The van der Waals surface area contributed by atoms with Crippen LogP contribution in [-0.2, 0) is 17.8 Å². The first-order chi connectivity index (χ1) is 15.0. The van der Waals surface area contributed by atoms with Crippen LogP contribution in [0, 0.1) is 6.92 Å². The molecule has 2 heterocycles. The van der Waals surface area contributed by atoms with E-state index in [0.29, 0.717) is 36.0 Å². The van der Waals surface area contributed by atoms with Crippen LogP contribution in [0.2, 0.25) is 10.0 Å². The zero-order chi connectivity index (χ0) is 21.8. The van der Waals surface area contributed by atoms with E-state index in [4.69, 9.17) is 28.2 Å². The number of hydrogen-bond acceptors (Lipinski definition) is 3. The lowest BCUT2D eigenvalue weighted by Gasteiger charge is -2.15. The molecule has 1 saturated heterocycles. The SMILES string of the molecule is Cc1ccc(Cc2nc3cc(Cl)c(Cl)cc3n2CCC(=O)NCCN2CCCC2)cc1. The van der Waals surface area contributed by atoms with E-state index in [9.17, 15) is 4.79 Å². The van der Waals surface area contributed by atoms with Crippen LogP contribution >= 0.6 is 23.2 Å². The number of imidazole rings is 1. The number of hydrogen-bond donors (Lipinski definition) is 1. The molecule has 1 aliphatic rings. The van der Waals surface area contributed by atoms with E-state index >= 15 is 0 Å². The molecule has 0 saturated carbocycles. The number of carbonyl (C=O) groups excluding carboxylic acids is 1. The van der Waals surface area contributed by atoms with Crippen molar-refractivity contribution >= 4 is 40.1 Å². The first-order valence-electron chi connectivity index (χ1n) is 10.9. The number of benzene rings is 2. The lowest BCUT2D eigenvalue weighted by atomic mass is 10.1. The summed E-state index contributed by atoms with van der Waals surface area (Å²) in [6.45, 7) is 6.52. The Labute approximate surface area is 193 Å². The first kappa shape index (κ1) is 22.1. The third-order valence-electron chi connectivity index (χ3n) is 5.86. The molecule has 1 fully saturated rings. The van der Waals surface area contributed by atoms with Crippen LogP contribution in [-0.4, -0.2) is 46.5 Å². The van der Waals surface area contributed by atoms with Crippen LogP contribution in [0.25, 0.3) is 11.0 Å². The zero-order valence-corrected chi connectivity index (χ0v) is 19.3. The molecular weight excluding hydrogens is 431 g/mol. The molecule has 0 unspecified atom stereocenters. The summed E-state index contributed by atoms with van der Waals surface area (Å²) < 4.78 is 2.09. The molecule has 4 rings (SSSR count). The molecule has 0 radical (unpaired) electrons. The van der Waals surface area contributed by atoms with Crippen molar-refractivity contribution in [3.63, 3.8) is 0 Å². The zero-order valence-electron chi connectivity index (χ0n) is 17.8. The number of rotatable bonds is 8. The van der Waals surface area contributed by atoms with Gasteiger partial charge in [0.15, 0.2) is 0 Å². The van der Waals surface area contributed by atoms with Gasteiger partial charge in [0, 0.05) is 32.5 Å². The van der Waals surface area contributed by atoms with Gasteiger partial charge in [0.05, 0.1) is 21.1 Å². The monoisotopic (exact) mass is 458 g/mol. The van der Waals surface area contributed by atoms with Gasteiger partial charge in [-0.2, -0.15) is 0 Å². The Hall–Kier alpha value is -2.08. The third-order valence-corrected chi connectivity index (χ3v) is 6.59. The number of likely N-dealkylation sites (tertiary alicyclic amines) is 1. The largest absolute Gasteiger partial charge is 0.355 e. The van der Waals surface area contributed by atoms with Crippen molar-refractivity contribution < 1.29 is 4.79 Å². The van der Waals surface area contributed by atoms with Gasteiger partial charge in [-0.3, -0.25) is 4.79 Å². The average Bonchev–Trinajstić information content (AvgIpc) is 3.37. The Kier molecular flexibility index (Phi) is 7.16. The second kappa shape index (κ2) is 10.0. The van der Waals surface area contributed by atoms with Crippen LogP contribution in [0.5, 0.6) is 0 Å². The summed E-state index contributed by atoms with van der Waals surface area (Å²) in [4.78, 5) is 19.7. The van der Waals surface area contributed by atoms with Crippen molar-refractivity contribution in [3.8, 4) is 0 Å². The van der Waals surface area contributed by atoms with E-state index in [1.54, 1.807) is 6.07 Å². The van der Waals surface area contributed by atoms with Crippen LogP contribution in [0.4, 0.5) is 0 Å². The Bertz CT molecular complexity index is 1060. The summed E-state index contributed by atoms with van der Waals surface area (Å²) in [6.07, 6.45) is 3.60. The van der Waals surface area contributed by atoms with Crippen molar-refractivity contribution in [2.45, 2.75) is 39.2 Å². The molecule has 0 spiro atoms. The molecule has 5 nitrogen and oxygen atoms in total. The van der Waals surface area contributed by atoms with E-state index in [0.717, 1.165) is 36.5 Å². The molecular formula is C24H28Cl2N4O. The van der Waals surface area contributed by atoms with Crippen molar-refractivity contribution in [3.05, 3.63) is 63.4 Å². The standard InChI is InChI=1S/C24H28Cl2N4O/c1-17-4-6-18(7-5-17)14-23-28-21-15-19(25)20(26)16-22(21)30(23)12-8-24(31)27-9-13-29-10-2-3-11-29/h4-7,15-16H,2-3,8-14H2,1H3,(H,27,31). The van der Waals surface area contributed by atoms with Crippen LogP contribution in [0.15, 0.2) is 36.4 Å². The van der Waals surface area contributed by atoms with Crippen LogP contribution < -0.4 is 5.32 Å². The molecule has 164 valence electrons. The molecule has 1 amide bonds. The van der Waals surface area contributed by atoms with Gasteiger partial charge in [-0.1, -0.05) is 53.0 Å². The van der Waals surface area contributed by atoms with Gasteiger partial charge in [0.25, 0.3) is 0 Å². The highest BCUT2D eigenvalue weighted by Crippen LogP contribution is 2.29. The topological polar surface area (TPSA) is 50.2 Å². The van der Waals surface area contributed by atoms with Crippen molar-refractivity contribution in [1.29, 1.82) is 0 Å².